The highest BCUT2D eigenvalue weighted by Crippen LogP contribution is 2.34. The molecule has 9 nitrogen and oxygen atoms in total. The van der Waals surface area contributed by atoms with Crippen LogP contribution < -0.4 is 15.5 Å². The Morgan fingerprint density at radius 2 is 1.69 bits per heavy atom. The van der Waals surface area contributed by atoms with E-state index in [2.05, 4.69) is 26.6 Å². The van der Waals surface area contributed by atoms with Crippen molar-refractivity contribution in [3.8, 4) is 6.07 Å². The molecule has 1 fully saturated rings. The summed E-state index contributed by atoms with van der Waals surface area (Å²) in [5.41, 5.74) is 5.10. The Balaban J connectivity index is 1.08. The molecule has 2 aliphatic rings. The van der Waals surface area contributed by atoms with Gasteiger partial charge in [-0.05, 0) is 66.9 Å². The molecular formula is C33H30N8O. The highest BCUT2D eigenvalue weighted by Gasteiger charge is 2.28. The minimum absolute atomic E-state index is 0.105. The molecule has 1 saturated heterocycles. The van der Waals surface area contributed by atoms with Gasteiger partial charge in [0.1, 0.15) is 11.7 Å². The Morgan fingerprint density at radius 3 is 2.43 bits per heavy atom. The van der Waals surface area contributed by atoms with E-state index >= 15 is 0 Å². The number of nitriles is 1. The minimum Gasteiger partial charge on any atom is -0.349 e. The maximum Gasteiger partial charge on any atom is 0.251 e. The van der Waals surface area contributed by atoms with Crippen molar-refractivity contribution in [3.63, 3.8) is 0 Å². The fourth-order valence-electron chi connectivity index (χ4n) is 5.43. The summed E-state index contributed by atoms with van der Waals surface area (Å²) >= 11 is 0. The third-order valence-electron chi connectivity index (χ3n) is 7.74. The SMILES string of the molecule is N#Cc1ccc(C(=O)NC2CCN(Cc3ccc(C(=N)N4C(=N)c5ccccc5Nc5ncccc54)cc3)CC2)cc1. The number of nitrogens with zero attached hydrogens (tertiary/aromatic N) is 4. The molecule has 2 aliphatic heterocycles. The number of hydrogen-bond donors (Lipinski definition) is 4. The van der Waals surface area contributed by atoms with Crippen LogP contribution in [0.2, 0.25) is 0 Å². The number of amides is 1. The van der Waals surface area contributed by atoms with Crippen molar-refractivity contribution in [2.75, 3.05) is 23.3 Å². The molecular weight excluding hydrogens is 524 g/mol. The van der Waals surface area contributed by atoms with E-state index in [1.165, 1.54) is 0 Å². The number of amidine groups is 2. The lowest BCUT2D eigenvalue weighted by molar-refractivity contribution is 0.0909. The molecule has 0 unspecified atom stereocenters. The summed E-state index contributed by atoms with van der Waals surface area (Å²) in [5.74, 6) is 0.919. The zero-order chi connectivity index (χ0) is 29.1. The van der Waals surface area contributed by atoms with Gasteiger partial charge in [-0.3, -0.25) is 25.4 Å². The first-order chi connectivity index (χ1) is 20.5. The molecule has 4 aromatic rings. The number of para-hydroxylation sites is 1. The van der Waals surface area contributed by atoms with Crippen molar-refractivity contribution < 1.29 is 4.79 Å². The second-order valence-corrected chi connectivity index (χ2v) is 10.5. The smallest absolute Gasteiger partial charge is 0.251 e. The van der Waals surface area contributed by atoms with Gasteiger partial charge in [-0.25, -0.2) is 4.98 Å². The monoisotopic (exact) mass is 554 g/mol. The zero-order valence-electron chi connectivity index (χ0n) is 23.0. The van der Waals surface area contributed by atoms with Gasteiger partial charge >= 0.3 is 0 Å². The van der Waals surface area contributed by atoms with E-state index < -0.39 is 0 Å². The molecule has 3 aromatic carbocycles. The lowest BCUT2D eigenvalue weighted by atomic mass is 10.0. The Morgan fingerprint density at radius 1 is 0.976 bits per heavy atom. The molecule has 0 saturated carbocycles. The number of rotatable bonds is 5. The van der Waals surface area contributed by atoms with Gasteiger partial charge in [0.15, 0.2) is 5.82 Å². The zero-order valence-corrected chi connectivity index (χ0v) is 23.0. The molecule has 0 spiro atoms. The van der Waals surface area contributed by atoms with Gasteiger partial charge in [-0.15, -0.1) is 0 Å². The Kier molecular flexibility index (Phi) is 7.45. The number of nitrogens with one attached hydrogen (secondary N) is 4. The fraction of sp³-hybridized carbons (Fsp3) is 0.182. The molecule has 0 radical (unpaired) electrons. The van der Waals surface area contributed by atoms with Crippen molar-refractivity contribution in [2.24, 2.45) is 0 Å². The number of carbonyl (C=O) groups is 1. The van der Waals surface area contributed by atoms with E-state index in [9.17, 15) is 4.79 Å². The molecule has 4 N–H and O–H groups in total. The van der Waals surface area contributed by atoms with Gasteiger partial charge in [0.05, 0.1) is 23.0 Å². The van der Waals surface area contributed by atoms with Gasteiger partial charge < -0.3 is 10.6 Å². The molecule has 3 heterocycles. The largest absolute Gasteiger partial charge is 0.349 e. The number of carbonyl (C=O) groups excluding carboxylic acids is 1. The van der Waals surface area contributed by atoms with Crippen molar-refractivity contribution in [1.82, 2.24) is 15.2 Å². The van der Waals surface area contributed by atoms with Gasteiger partial charge in [-0.2, -0.15) is 5.26 Å². The topological polar surface area (TPSA) is 132 Å². The number of benzene rings is 3. The average molecular weight is 555 g/mol. The second-order valence-electron chi connectivity index (χ2n) is 10.5. The number of pyridine rings is 1. The summed E-state index contributed by atoms with van der Waals surface area (Å²) in [4.78, 5) is 21.1. The number of anilines is 3. The molecule has 0 aliphatic carbocycles. The summed E-state index contributed by atoms with van der Waals surface area (Å²) in [7, 11) is 0. The molecule has 42 heavy (non-hydrogen) atoms. The first-order valence-corrected chi connectivity index (χ1v) is 13.9. The van der Waals surface area contributed by atoms with E-state index in [0.717, 1.165) is 43.7 Å². The molecule has 1 amide bonds. The van der Waals surface area contributed by atoms with Crippen LogP contribution in [-0.4, -0.2) is 46.6 Å². The Bertz CT molecular complexity index is 1680. The highest BCUT2D eigenvalue weighted by molar-refractivity contribution is 6.30. The molecule has 6 rings (SSSR count). The van der Waals surface area contributed by atoms with Crippen LogP contribution in [0.1, 0.15) is 45.5 Å². The maximum absolute atomic E-state index is 12.6. The van der Waals surface area contributed by atoms with E-state index in [0.29, 0.717) is 33.8 Å². The second kappa shape index (κ2) is 11.6. The third-order valence-corrected chi connectivity index (χ3v) is 7.74. The van der Waals surface area contributed by atoms with Crippen LogP contribution in [-0.2, 0) is 6.54 Å². The number of fused-ring (bicyclic) bond motifs is 2. The summed E-state index contributed by atoms with van der Waals surface area (Å²) in [5, 5.41) is 33.5. The normalized spacial score (nSPS) is 15.0. The summed E-state index contributed by atoms with van der Waals surface area (Å²) in [6.07, 6.45) is 3.43. The average Bonchev–Trinajstić information content (AvgIpc) is 3.15. The van der Waals surface area contributed by atoms with E-state index in [-0.39, 0.29) is 23.6 Å². The Hall–Kier alpha value is -5.33. The van der Waals surface area contributed by atoms with Crippen LogP contribution in [0.3, 0.4) is 0 Å². The van der Waals surface area contributed by atoms with Crippen molar-refractivity contribution >= 4 is 34.8 Å². The summed E-state index contributed by atoms with van der Waals surface area (Å²) in [6, 6.07) is 28.1. The van der Waals surface area contributed by atoms with Gasteiger partial charge in [0.2, 0.25) is 0 Å². The summed E-state index contributed by atoms with van der Waals surface area (Å²) in [6.45, 7) is 2.53. The maximum atomic E-state index is 12.6. The van der Waals surface area contributed by atoms with E-state index in [1.54, 1.807) is 35.4 Å². The lowest BCUT2D eigenvalue weighted by Crippen LogP contribution is -2.44. The van der Waals surface area contributed by atoms with Crippen LogP contribution in [0.25, 0.3) is 0 Å². The first-order valence-electron chi connectivity index (χ1n) is 13.9. The van der Waals surface area contributed by atoms with Crippen LogP contribution >= 0.6 is 0 Å². The minimum atomic E-state index is -0.105. The van der Waals surface area contributed by atoms with Gasteiger partial charge in [0.25, 0.3) is 5.91 Å². The van der Waals surface area contributed by atoms with Crippen LogP contribution in [0, 0.1) is 22.1 Å². The molecule has 1 aromatic heterocycles. The van der Waals surface area contributed by atoms with Crippen LogP contribution in [0.15, 0.2) is 91.1 Å². The van der Waals surface area contributed by atoms with Gasteiger partial charge in [0, 0.05) is 48.6 Å². The van der Waals surface area contributed by atoms with Crippen LogP contribution in [0.4, 0.5) is 17.2 Å². The third kappa shape index (κ3) is 5.48. The standard InChI is InChI=1S/C33H30N8O/c34-20-22-7-13-25(14-8-22)33(42)38-26-15-18-40(19-16-26)21-23-9-11-24(12-10-23)30(35)41-29-6-3-17-37-32(29)39-28-5-2-1-4-27(28)31(41)36/h1-14,17,26,35-36H,15-16,18-19,21H2,(H,37,39)(H,38,42). The number of likely N-dealkylation sites (tertiary alicyclic amines) is 1. The van der Waals surface area contributed by atoms with Gasteiger partial charge in [-0.1, -0.05) is 36.4 Å². The van der Waals surface area contributed by atoms with Crippen LogP contribution in [0.5, 0.6) is 0 Å². The molecule has 0 bridgehead atoms. The first kappa shape index (κ1) is 26.9. The molecule has 208 valence electrons. The quantitative estimate of drug-likeness (QED) is 0.197. The fourth-order valence-corrected chi connectivity index (χ4v) is 5.43. The van der Waals surface area contributed by atoms with Crippen molar-refractivity contribution in [3.05, 3.63) is 119 Å². The molecule has 9 heteroatoms. The highest BCUT2D eigenvalue weighted by atomic mass is 16.1. The summed E-state index contributed by atoms with van der Waals surface area (Å²) < 4.78 is 0. The van der Waals surface area contributed by atoms with E-state index in [4.69, 9.17) is 16.1 Å². The predicted octanol–water partition coefficient (Wildman–Crippen LogP) is 5.26. The number of aromatic nitrogens is 1. The Labute approximate surface area is 244 Å². The lowest BCUT2D eigenvalue weighted by Gasteiger charge is -2.32. The van der Waals surface area contributed by atoms with Crippen molar-refractivity contribution in [1.29, 1.82) is 16.1 Å². The predicted molar refractivity (Wildman–Crippen MR) is 163 cm³/mol. The van der Waals surface area contributed by atoms with Crippen molar-refractivity contribution in [2.45, 2.75) is 25.4 Å². The molecule has 0 atom stereocenters. The number of hydrogen-bond acceptors (Lipinski definition) is 7. The number of piperidine rings is 1. The van der Waals surface area contributed by atoms with E-state index in [1.807, 2.05) is 60.7 Å².